The Balaban J connectivity index is 1.42. The van der Waals surface area contributed by atoms with Crippen LogP contribution in [0.4, 0.5) is 5.82 Å². The van der Waals surface area contributed by atoms with Crippen molar-refractivity contribution in [2.24, 2.45) is 0 Å². The van der Waals surface area contributed by atoms with Gasteiger partial charge in [-0.3, -0.25) is 9.89 Å². The number of fused-ring (bicyclic) bond motifs is 1. The van der Waals surface area contributed by atoms with E-state index < -0.39 is 0 Å². The standard InChI is InChI=1S/C18H19N5O/c24-18(15-5-3-4-14-12-21-22-17(14)15)20-11-13-6-7-16(19-10-13)23-8-1-2-9-23/h3-7,10,12H,1-2,8-9,11H2,(H,20,24)(H,21,22). The zero-order valence-electron chi connectivity index (χ0n) is 13.3. The van der Waals surface area contributed by atoms with E-state index in [4.69, 9.17) is 0 Å². The van der Waals surface area contributed by atoms with Gasteiger partial charge in [0, 0.05) is 31.2 Å². The summed E-state index contributed by atoms with van der Waals surface area (Å²) >= 11 is 0. The van der Waals surface area contributed by atoms with Crippen LogP contribution in [-0.4, -0.2) is 34.2 Å². The summed E-state index contributed by atoms with van der Waals surface area (Å²) in [5, 5.41) is 10.7. The second-order valence-corrected chi connectivity index (χ2v) is 6.04. The summed E-state index contributed by atoms with van der Waals surface area (Å²) < 4.78 is 0. The molecule has 1 aromatic carbocycles. The highest BCUT2D eigenvalue weighted by atomic mass is 16.1. The van der Waals surface area contributed by atoms with E-state index in [9.17, 15) is 4.79 Å². The number of benzene rings is 1. The van der Waals surface area contributed by atoms with Crippen molar-refractivity contribution in [3.05, 3.63) is 53.9 Å². The van der Waals surface area contributed by atoms with Crippen LogP contribution < -0.4 is 10.2 Å². The Bertz CT molecular complexity index is 849. The summed E-state index contributed by atoms with van der Waals surface area (Å²) in [6, 6.07) is 9.64. The molecule has 3 aromatic rings. The van der Waals surface area contributed by atoms with Crippen LogP contribution in [-0.2, 0) is 6.54 Å². The SMILES string of the molecule is O=C(NCc1ccc(N2CCCC2)nc1)c1cccc2cn[nH]c12. The molecule has 1 saturated heterocycles. The number of anilines is 1. The molecular weight excluding hydrogens is 302 g/mol. The number of nitrogens with one attached hydrogen (secondary N) is 2. The summed E-state index contributed by atoms with van der Waals surface area (Å²) in [7, 11) is 0. The molecule has 0 atom stereocenters. The molecular formula is C18H19N5O. The van der Waals surface area contributed by atoms with Crippen LogP contribution in [0.1, 0.15) is 28.8 Å². The number of pyridine rings is 1. The molecule has 2 aromatic heterocycles. The topological polar surface area (TPSA) is 73.9 Å². The fourth-order valence-corrected chi connectivity index (χ4v) is 3.09. The van der Waals surface area contributed by atoms with Crippen LogP contribution >= 0.6 is 0 Å². The van der Waals surface area contributed by atoms with Gasteiger partial charge in [-0.25, -0.2) is 4.98 Å². The normalized spacial score (nSPS) is 14.2. The second-order valence-electron chi connectivity index (χ2n) is 6.04. The Morgan fingerprint density at radius 2 is 2.04 bits per heavy atom. The van der Waals surface area contributed by atoms with Crippen LogP contribution in [0.2, 0.25) is 0 Å². The zero-order chi connectivity index (χ0) is 16.4. The van der Waals surface area contributed by atoms with Crippen LogP contribution in [0, 0.1) is 0 Å². The molecule has 0 bridgehead atoms. The van der Waals surface area contributed by atoms with Crippen LogP contribution in [0.5, 0.6) is 0 Å². The molecule has 1 amide bonds. The number of carbonyl (C=O) groups excluding carboxylic acids is 1. The maximum atomic E-state index is 12.4. The molecule has 0 unspecified atom stereocenters. The first-order valence-electron chi connectivity index (χ1n) is 8.21. The fourth-order valence-electron chi connectivity index (χ4n) is 3.09. The number of hydrogen-bond acceptors (Lipinski definition) is 4. The lowest BCUT2D eigenvalue weighted by molar-refractivity contribution is 0.0952. The maximum Gasteiger partial charge on any atom is 0.253 e. The lowest BCUT2D eigenvalue weighted by atomic mass is 10.1. The molecule has 122 valence electrons. The Hall–Kier alpha value is -2.89. The zero-order valence-corrected chi connectivity index (χ0v) is 13.3. The molecule has 4 rings (SSSR count). The Labute approximate surface area is 139 Å². The van der Waals surface area contributed by atoms with Crippen molar-refractivity contribution in [2.75, 3.05) is 18.0 Å². The molecule has 0 aliphatic carbocycles. The van der Waals surface area contributed by atoms with E-state index in [2.05, 4.69) is 25.4 Å². The molecule has 1 fully saturated rings. The number of rotatable bonds is 4. The summed E-state index contributed by atoms with van der Waals surface area (Å²) in [4.78, 5) is 19.2. The lowest BCUT2D eigenvalue weighted by Gasteiger charge is -2.16. The maximum absolute atomic E-state index is 12.4. The smallest absolute Gasteiger partial charge is 0.253 e. The quantitative estimate of drug-likeness (QED) is 0.774. The van der Waals surface area contributed by atoms with E-state index in [0.717, 1.165) is 35.4 Å². The lowest BCUT2D eigenvalue weighted by Crippen LogP contribution is -2.23. The van der Waals surface area contributed by atoms with Gasteiger partial charge in [-0.2, -0.15) is 5.10 Å². The van der Waals surface area contributed by atoms with E-state index in [1.165, 1.54) is 12.8 Å². The third-order valence-corrected chi connectivity index (χ3v) is 4.41. The van der Waals surface area contributed by atoms with Crippen LogP contribution in [0.15, 0.2) is 42.7 Å². The number of amides is 1. The molecule has 0 spiro atoms. The first kappa shape index (κ1) is 14.7. The first-order chi connectivity index (χ1) is 11.8. The van der Waals surface area contributed by atoms with Gasteiger partial charge in [0.2, 0.25) is 0 Å². The molecule has 6 heteroatoms. The Morgan fingerprint density at radius 1 is 1.17 bits per heavy atom. The predicted octanol–water partition coefficient (Wildman–Crippen LogP) is 2.49. The number of aromatic amines is 1. The van der Waals surface area contributed by atoms with Gasteiger partial charge in [0.05, 0.1) is 17.3 Å². The molecule has 0 radical (unpaired) electrons. The molecule has 1 aliphatic rings. The van der Waals surface area contributed by atoms with Crippen molar-refractivity contribution in [1.29, 1.82) is 0 Å². The Morgan fingerprint density at radius 3 is 2.83 bits per heavy atom. The predicted molar refractivity (Wildman–Crippen MR) is 92.9 cm³/mol. The van der Waals surface area contributed by atoms with Gasteiger partial charge in [0.25, 0.3) is 5.91 Å². The van der Waals surface area contributed by atoms with Gasteiger partial charge in [0.15, 0.2) is 0 Å². The van der Waals surface area contributed by atoms with E-state index in [1.54, 1.807) is 12.3 Å². The summed E-state index contributed by atoms with van der Waals surface area (Å²) in [5.74, 6) is 0.901. The Kier molecular flexibility index (Phi) is 3.86. The largest absolute Gasteiger partial charge is 0.357 e. The van der Waals surface area contributed by atoms with Gasteiger partial charge in [-0.15, -0.1) is 0 Å². The molecule has 24 heavy (non-hydrogen) atoms. The van der Waals surface area contributed by atoms with Gasteiger partial charge >= 0.3 is 0 Å². The van der Waals surface area contributed by atoms with Gasteiger partial charge in [-0.1, -0.05) is 18.2 Å². The van der Waals surface area contributed by atoms with Crippen molar-refractivity contribution in [2.45, 2.75) is 19.4 Å². The third kappa shape index (κ3) is 2.82. The van der Waals surface area contributed by atoms with Crippen molar-refractivity contribution in [1.82, 2.24) is 20.5 Å². The van der Waals surface area contributed by atoms with E-state index in [1.807, 2.05) is 30.5 Å². The van der Waals surface area contributed by atoms with E-state index in [0.29, 0.717) is 12.1 Å². The van der Waals surface area contributed by atoms with Crippen molar-refractivity contribution in [3.8, 4) is 0 Å². The summed E-state index contributed by atoms with van der Waals surface area (Å²) in [6.45, 7) is 2.62. The average molecular weight is 321 g/mol. The number of carbonyl (C=O) groups is 1. The van der Waals surface area contributed by atoms with Gasteiger partial charge in [-0.05, 0) is 30.5 Å². The molecule has 2 N–H and O–H groups in total. The number of hydrogen-bond donors (Lipinski definition) is 2. The van der Waals surface area contributed by atoms with E-state index >= 15 is 0 Å². The third-order valence-electron chi connectivity index (χ3n) is 4.41. The number of nitrogens with zero attached hydrogens (tertiary/aromatic N) is 3. The molecule has 6 nitrogen and oxygen atoms in total. The van der Waals surface area contributed by atoms with Gasteiger partial charge < -0.3 is 10.2 Å². The minimum absolute atomic E-state index is 0.117. The van der Waals surface area contributed by atoms with Crippen molar-refractivity contribution < 1.29 is 4.79 Å². The fraction of sp³-hybridized carbons (Fsp3) is 0.278. The van der Waals surface area contributed by atoms with Crippen molar-refractivity contribution in [3.63, 3.8) is 0 Å². The minimum Gasteiger partial charge on any atom is -0.357 e. The second kappa shape index (κ2) is 6.31. The minimum atomic E-state index is -0.117. The molecule has 3 heterocycles. The highest BCUT2D eigenvalue weighted by Crippen LogP contribution is 2.18. The monoisotopic (exact) mass is 321 g/mol. The highest BCUT2D eigenvalue weighted by molar-refractivity contribution is 6.05. The van der Waals surface area contributed by atoms with Crippen LogP contribution in [0.3, 0.4) is 0 Å². The van der Waals surface area contributed by atoms with Crippen LogP contribution in [0.25, 0.3) is 10.9 Å². The number of para-hydroxylation sites is 1. The number of H-pyrrole nitrogens is 1. The summed E-state index contributed by atoms with van der Waals surface area (Å²) in [5.41, 5.74) is 2.35. The molecule has 0 saturated carbocycles. The highest BCUT2D eigenvalue weighted by Gasteiger charge is 2.14. The first-order valence-corrected chi connectivity index (χ1v) is 8.21. The summed E-state index contributed by atoms with van der Waals surface area (Å²) in [6.07, 6.45) is 6.02. The number of aromatic nitrogens is 3. The van der Waals surface area contributed by atoms with Crippen molar-refractivity contribution >= 4 is 22.6 Å². The molecule has 1 aliphatic heterocycles. The van der Waals surface area contributed by atoms with E-state index in [-0.39, 0.29) is 5.91 Å². The van der Waals surface area contributed by atoms with Gasteiger partial charge in [0.1, 0.15) is 5.82 Å². The average Bonchev–Trinajstić information content (AvgIpc) is 3.31.